The summed E-state index contributed by atoms with van der Waals surface area (Å²) in [7, 11) is 0. The highest BCUT2D eigenvalue weighted by atomic mass is 35.5. The van der Waals surface area contributed by atoms with Gasteiger partial charge in [0.1, 0.15) is 6.33 Å². The molecule has 0 bridgehead atoms. The molecule has 0 fully saturated rings. The second kappa shape index (κ2) is 3.77. The summed E-state index contributed by atoms with van der Waals surface area (Å²) in [5.41, 5.74) is 6.36. The molecule has 72 valence electrons. The van der Waals surface area contributed by atoms with Gasteiger partial charge in [-0.2, -0.15) is 0 Å². The van der Waals surface area contributed by atoms with Crippen LogP contribution in [0.2, 0.25) is 5.02 Å². The summed E-state index contributed by atoms with van der Waals surface area (Å²) in [6, 6.07) is 7.49. The molecule has 4 nitrogen and oxygen atoms in total. The lowest BCUT2D eigenvalue weighted by molar-refractivity contribution is 0.860. The number of hydrogen-bond acceptors (Lipinski definition) is 3. The van der Waals surface area contributed by atoms with Crippen molar-refractivity contribution in [1.82, 2.24) is 14.8 Å². The van der Waals surface area contributed by atoms with E-state index < -0.39 is 0 Å². The minimum atomic E-state index is 0.339. The van der Waals surface area contributed by atoms with E-state index >= 15 is 0 Å². The Hall–Kier alpha value is -1.39. The van der Waals surface area contributed by atoms with Crippen molar-refractivity contribution in [3.05, 3.63) is 41.4 Å². The van der Waals surface area contributed by atoms with Crippen LogP contribution < -0.4 is 5.73 Å². The molecule has 0 radical (unpaired) electrons. The molecule has 0 amide bonds. The molecule has 0 saturated heterocycles. The maximum absolute atomic E-state index is 6.03. The van der Waals surface area contributed by atoms with E-state index in [-0.39, 0.29) is 0 Å². The Labute approximate surface area is 86.3 Å². The summed E-state index contributed by atoms with van der Waals surface area (Å²) in [4.78, 5) is 0. The number of nitrogens with zero attached hydrogens (tertiary/aromatic N) is 3. The standard InChI is InChI=1S/C9H9ClN4/c10-7-3-1-2-4-8(7)14-6-12-13-9(14)5-11/h1-4,6H,5,11H2. The quantitative estimate of drug-likeness (QED) is 0.811. The normalized spacial score (nSPS) is 10.4. The first-order valence-corrected chi connectivity index (χ1v) is 4.54. The SMILES string of the molecule is NCc1nncn1-c1ccccc1Cl. The second-order valence-electron chi connectivity index (χ2n) is 2.77. The van der Waals surface area contributed by atoms with Crippen molar-refractivity contribution in [2.75, 3.05) is 0 Å². The van der Waals surface area contributed by atoms with E-state index in [1.165, 1.54) is 0 Å². The Morgan fingerprint density at radius 3 is 2.86 bits per heavy atom. The molecule has 2 aromatic rings. The number of rotatable bonds is 2. The number of nitrogens with two attached hydrogens (primary N) is 1. The minimum absolute atomic E-state index is 0.339. The van der Waals surface area contributed by atoms with Gasteiger partial charge in [-0.05, 0) is 12.1 Å². The third-order valence-electron chi connectivity index (χ3n) is 1.91. The van der Waals surface area contributed by atoms with Gasteiger partial charge in [0, 0.05) is 0 Å². The molecule has 1 heterocycles. The molecule has 14 heavy (non-hydrogen) atoms. The van der Waals surface area contributed by atoms with Crippen LogP contribution in [-0.4, -0.2) is 14.8 Å². The molecule has 2 rings (SSSR count). The van der Waals surface area contributed by atoms with Crippen molar-refractivity contribution in [2.24, 2.45) is 5.73 Å². The predicted molar refractivity (Wildman–Crippen MR) is 54.3 cm³/mol. The highest BCUT2D eigenvalue weighted by Crippen LogP contribution is 2.19. The molecular formula is C9H9ClN4. The monoisotopic (exact) mass is 208 g/mol. The summed E-state index contributed by atoms with van der Waals surface area (Å²) < 4.78 is 1.78. The fourth-order valence-corrected chi connectivity index (χ4v) is 1.47. The van der Waals surface area contributed by atoms with E-state index in [1.807, 2.05) is 24.3 Å². The van der Waals surface area contributed by atoms with Crippen LogP contribution in [0.5, 0.6) is 0 Å². The fourth-order valence-electron chi connectivity index (χ4n) is 1.25. The summed E-state index contributed by atoms with van der Waals surface area (Å²) in [5, 5.41) is 8.32. The highest BCUT2D eigenvalue weighted by Gasteiger charge is 2.06. The van der Waals surface area contributed by atoms with Gasteiger partial charge in [0.05, 0.1) is 17.3 Å². The van der Waals surface area contributed by atoms with Crippen LogP contribution in [0.3, 0.4) is 0 Å². The molecule has 1 aromatic heterocycles. The summed E-state index contributed by atoms with van der Waals surface area (Å²) in [6.07, 6.45) is 1.60. The first-order valence-electron chi connectivity index (χ1n) is 4.17. The molecule has 0 saturated carbocycles. The molecule has 2 N–H and O–H groups in total. The number of hydrogen-bond donors (Lipinski definition) is 1. The third-order valence-corrected chi connectivity index (χ3v) is 2.23. The van der Waals surface area contributed by atoms with Gasteiger partial charge >= 0.3 is 0 Å². The van der Waals surface area contributed by atoms with Crippen LogP contribution in [0.4, 0.5) is 0 Å². The average Bonchev–Trinajstić information content (AvgIpc) is 2.66. The Balaban J connectivity index is 2.54. The summed E-state index contributed by atoms with van der Waals surface area (Å²) in [5.74, 6) is 0.693. The molecule has 5 heteroatoms. The van der Waals surface area contributed by atoms with Gasteiger partial charge in [-0.15, -0.1) is 10.2 Å². The molecule has 0 aliphatic heterocycles. The Kier molecular flexibility index (Phi) is 2.47. The highest BCUT2D eigenvalue weighted by molar-refractivity contribution is 6.32. The lowest BCUT2D eigenvalue weighted by atomic mass is 10.3. The largest absolute Gasteiger partial charge is 0.324 e. The molecule has 0 spiro atoms. The lowest BCUT2D eigenvalue weighted by Crippen LogP contribution is -2.06. The van der Waals surface area contributed by atoms with E-state index in [9.17, 15) is 0 Å². The van der Waals surface area contributed by atoms with Crippen LogP contribution in [0.15, 0.2) is 30.6 Å². The van der Waals surface area contributed by atoms with Crippen molar-refractivity contribution in [3.8, 4) is 5.69 Å². The van der Waals surface area contributed by atoms with Gasteiger partial charge in [-0.3, -0.25) is 4.57 Å². The van der Waals surface area contributed by atoms with E-state index in [1.54, 1.807) is 10.9 Å². The molecular weight excluding hydrogens is 200 g/mol. The summed E-state index contributed by atoms with van der Waals surface area (Å²) in [6.45, 7) is 0.339. The number of para-hydroxylation sites is 1. The van der Waals surface area contributed by atoms with Crippen LogP contribution in [-0.2, 0) is 6.54 Å². The molecule has 1 aromatic carbocycles. The fraction of sp³-hybridized carbons (Fsp3) is 0.111. The van der Waals surface area contributed by atoms with Gasteiger partial charge in [-0.25, -0.2) is 0 Å². The molecule has 0 aliphatic carbocycles. The maximum Gasteiger partial charge on any atom is 0.151 e. The van der Waals surface area contributed by atoms with E-state index in [2.05, 4.69) is 10.2 Å². The smallest absolute Gasteiger partial charge is 0.151 e. The number of benzene rings is 1. The second-order valence-corrected chi connectivity index (χ2v) is 3.18. The Morgan fingerprint density at radius 1 is 1.36 bits per heavy atom. The van der Waals surface area contributed by atoms with Crippen LogP contribution in [0.1, 0.15) is 5.82 Å². The van der Waals surface area contributed by atoms with Gasteiger partial charge < -0.3 is 5.73 Å². The van der Waals surface area contributed by atoms with E-state index in [0.29, 0.717) is 17.4 Å². The van der Waals surface area contributed by atoms with Crippen molar-refractivity contribution in [3.63, 3.8) is 0 Å². The van der Waals surface area contributed by atoms with Crippen LogP contribution >= 0.6 is 11.6 Å². The zero-order valence-corrected chi connectivity index (χ0v) is 8.15. The predicted octanol–water partition coefficient (Wildman–Crippen LogP) is 1.38. The minimum Gasteiger partial charge on any atom is -0.324 e. The van der Waals surface area contributed by atoms with Crippen molar-refractivity contribution < 1.29 is 0 Å². The van der Waals surface area contributed by atoms with Crippen LogP contribution in [0, 0.1) is 0 Å². The third kappa shape index (κ3) is 1.49. The number of halogens is 1. The average molecular weight is 209 g/mol. The zero-order valence-electron chi connectivity index (χ0n) is 7.39. The van der Waals surface area contributed by atoms with Crippen molar-refractivity contribution in [1.29, 1.82) is 0 Å². The lowest BCUT2D eigenvalue weighted by Gasteiger charge is -2.06. The molecule has 0 unspecified atom stereocenters. The van der Waals surface area contributed by atoms with Gasteiger partial charge in [-0.1, -0.05) is 23.7 Å². The van der Waals surface area contributed by atoms with Crippen LogP contribution in [0.25, 0.3) is 5.69 Å². The zero-order chi connectivity index (χ0) is 9.97. The van der Waals surface area contributed by atoms with Crippen molar-refractivity contribution in [2.45, 2.75) is 6.54 Å². The van der Waals surface area contributed by atoms with Gasteiger partial charge in [0.15, 0.2) is 5.82 Å². The van der Waals surface area contributed by atoms with Gasteiger partial charge in [0.2, 0.25) is 0 Å². The van der Waals surface area contributed by atoms with E-state index in [0.717, 1.165) is 5.69 Å². The first kappa shape index (κ1) is 9.18. The van der Waals surface area contributed by atoms with Crippen molar-refractivity contribution >= 4 is 11.6 Å². The summed E-state index contributed by atoms with van der Waals surface area (Å²) >= 11 is 6.03. The number of aromatic nitrogens is 3. The maximum atomic E-state index is 6.03. The molecule has 0 atom stereocenters. The Morgan fingerprint density at radius 2 is 2.14 bits per heavy atom. The molecule has 0 aliphatic rings. The first-order chi connectivity index (χ1) is 6.83. The Bertz CT molecular complexity index is 438. The van der Waals surface area contributed by atoms with E-state index in [4.69, 9.17) is 17.3 Å². The topological polar surface area (TPSA) is 56.7 Å². The van der Waals surface area contributed by atoms with Gasteiger partial charge in [0.25, 0.3) is 0 Å².